The Bertz CT molecular complexity index is 1270. The van der Waals surface area contributed by atoms with E-state index in [1.165, 1.54) is 36.7 Å². The number of allylic oxidation sites excluding steroid dienone is 1. The fourth-order valence-electron chi connectivity index (χ4n) is 3.14. The van der Waals surface area contributed by atoms with Gasteiger partial charge in [-0.25, -0.2) is 13.5 Å². The first-order valence-corrected chi connectivity index (χ1v) is 10.8. The molecular formula is C22H17ClF5N5S. The molecule has 12 heteroatoms. The molecule has 3 N–H and O–H groups in total. The first-order chi connectivity index (χ1) is 15.8. The van der Waals surface area contributed by atoms with Gasteiger partial charge in [-0.05, 0) is 41.8 Å². The maximum Gasteiger partial charge on any atom is 0.418 e. The van der Waals surface area contributed by atoms with Gasteiger partial charge in [-0.2, -0.15) is 23.5 Å². The van der Waals surface area contributed by atoms with Crippen molar-refractivity contribution < 1.29 is 22.0 Å². The summed E-state index contributed by atoms with van der Waals surface area (Å²) in [4.78, 5) is 0.238. The quantitative estimate of drug-likeness (QED) is 0.273. The predicted molar refractivity (Wildman–Crippen MR) is 121 cm³/mol. The molecule has 0 fully saturated rings. The fraction of sp³-hybridized carbons (Fsp3) is 0.182. The van der Waals surface area contributed by atoms with Gasteiger partial charge in [-0.3, -0.25) is 5.14 Å². The third-order valence-corrected chi connectivity index (χ3v) is 5.71. The van der Waals surface area contributed by atoms with E-state index in [0.29, 0.717) is 11.9 Å². The predicted octanol–water partition coefficient (Wildman–Crippen LogP) is 6.66. The molecule has 178 valence electrons. The van der Waals surface area contributed by atoms with Crippen molar-refractivity contribution in [2.24, 2.45) is 5.14 Å². The Hall–Kier alpha value is -3.07. The lowest BCUT2D eigenvalue weighted by atomic mass is 10.0. The summed E-state index contributed by atoms with van der Waals surface area (Å²) in [6, 6.07) is 7.56. The van der Waals surface area contributed by atoms with Crippen molar-refractivity contribution in [3.63, 3.8) is 0 Å². The molecule has 1 aromatic heterocycles. The summed E-state index contributed by atoms with van der Waals surface area (Å²) < 4.78 is 70.1. The molecule has 1 heterocycles. The number of nitriles is 1. The topological polar surface area (TPSA) is 79.7 Å². The summed E-state index contributed by atoms with van der Waals surface area (Å²) in [5, 5.41) is 21.3. The zero-order valence-corrected chi connectivity index (χ0v) is 19.1. The monoisotopic (exact) mass is 513 g/mol. The SMILES string of the molecule is C=C(Cc1cc(C(C)(F)F)ccc1Cl)Nc1cc(SN)c(-n2cc(C#N)cn2)cc1C(F)(F)F. The number of nitrogens with two attached hydrogens (primary N) is 1. The van der Waals surface area contributed by atoms with Crippen LogP contribution >= 0.6 is 23.5 Å². The van der Waals surface area contributed by atoms with Crippen molar-refractivity contribution in [3.05, 3.63) is 82.3 Å². The van der Waals surface area contributed by atoms with Crippen LogP contribution < -0.4 is 10.5 Å². The molecule has 0 bridgehead atoms. The van der Waals surface area contributed by atoms with Gasteiger partial charge in [0.1, 0.15) is 6.07 Å². The summed E-state index contributed by atoms with van der Waals surface area (Å²) in [6.45, 7) is 4.47. The second kappa shape index (κ2) is 9.66. The van der Waals surface area contributed by atoms with Crippen LogP contribution in [0.5, 0.6) is 0 Å². The maximum absolute atomic E-state index is 13.9. The maximum atomic E-state index is 13.9. The number of benzene rings is 2. The molecular weight excluding hydrogens is 497 g/mol. The first kappa shape index (κ1) is 25.6. The molecule has 0 unspecified atom stereocenters. The Morgan fingerprint density at radius 1 is 1.26 bits per heavy atom. The highest BCUT2D eigenvalue weighted by atomic mass is 35.5. The average Bonchev–Trinajstić information content (AvgIpc) is 3.22. The molecule has 0 amide bonds. The number of hydrogen-bond donors (Lipinski definition) is 2. The smallest absolute Gasteiger partial charge is 0.359 e. The largest absolute Gasteiger partial charge is 0.418 e. The molecule has 0 saturated heterocycles. The van der Waals surface area contributed by atoms with E-state index in [9.17, 15) is 22.0 Å². The summed E-state index contributed by atoms with van der Waals surface area (Å²) in [6.07, 6.45) is -2.37. The van der Waals surface area contributed by atoms with E-state index in [1.807, 2.05) is 6.07 Å². The second-order valence-corrected chi connectivity index (χ2v) is 8.45. The van der Waals surface area contributed by atoms with Crippen LogP contribution in [0, 0.1) is 11.3 Å². The molecule has 3 rings (SSSR count). The number of halogens is 6. The van der Waals surface area contributed by atoms with Gasteiger partial charge < -0.3 is 5.32 Å². The van der Waals surface area contributed by atoms with Crippen molar-refractivity contribution in [1.29, 1.82) is 5.26 Å². The zero-order chi connectivity index (χ0) is 25.3. The number of alkyl halides is 5. The number of nitrogens with one attached hydrogen (secondary N) is 1. The Labute approximate surface area is 201 Å². The Morgan fingerprint density at radius 3 is 2.53 bits per heavy atom. The highest BCUT2D eigenvalue weighted by molar-refractivity contribution is 7.97. The van der Waals surface area contributed by atoms with Crippen molar-refractivity contribution in [1.82, 2.24) is 9.78 Å². The lowest BCUT2D eigenvalue weighted by molar-refractivity contribution is -0.137. The van der Waals surface area contributed by atoms with Crippen LogP contribution in [0.15, 0.2) is 59.9 Å². The van der Waals surface area contributed by atoms with Crippen LogP contribution in [0.4, 0.5) is 27.6 Å². The lowest BCUT2D eigenvalue weighted by Crippen LogP contribution is -2.14. The van der Waals surface area contributed by atoms with Crippen molar-refractivity contribution in [2.45, 2.75) is 30.3 Å². The minimum Gasteiger partial charge on any atom is -0.359 e. The van der Waals surface area contributed by atoms with Crippen LogP contribution in [0.25, 0.3) is 5.69 Å². The Morgan fingerprint density at radius 2 is 1.97 bits per heavy atom. The number of rotatable bonds is 7. The standard InChI is InChI=1S/C22H17ClF5N5S/c1-12(5-14-6-15(21(2,24)25)3-4-17(14)23)32-18-8-20(34-30)19(7-16(18)22(26,27)28)33-11-13(9-29)10-31-33/h3-4,6-8,10-11,32H,1,5,30H2,2H3. The molecule has 0 atom stereocenters. The number of nitrogens with zero attached hydrogens (tertiary/aromatic N) is 3. The summed E-state index contributed by atoms with van der Waals surface area (Å²) >= 11 is 6.79. The van der Waals surface area contributed by atoms with Crippen LogP contribution in [0.3, 0.4) is 0 Å². The van der Waals surface area contributed by atoms with Crippen LogP contribution in [0.2, 0.25) is 5.02 Å². The summed E-state index contributed by atoms with van der Waals surface area (Å²) in [5.41, 5.74) is -1.09. The number of anilines is 1. The number of aromatic nitrogens is 2. The van der Waals surface area contributed by atoms with E-state index in [2.05, 4.69) is 17.0 Å². The summed E-state index contributed by atoms with van der Waals surface area (Å²) in [7, 11) is 0. The van der Waals surface area contributed by atoms with Crippen LogP contribution in [-0.2, 0) is 18.5 Å². The van der Waals surface area contributed by atoms with Gasteiger partial charge in [-0.1, -0.05) is 24.2 Å². The number of hydrogen-bond acceptors (Lipinski definition) is 5. The highest BCUT2D eigenvalue weighted by Gasteiger charge is 2.35. The van der Waals surface area contributed by atoms with Gasteiger partial charge >= 0.3 is 6.18 Å². The van der Waals surface area contributed by atoms with E-state index in [0.717, 1.165) is 17.7 Å². The lowest BCUT2D eigenvalue weighted by Gasteiger charge is -2.20. The molecule has 0 aliphatic heterocycles. The van der Waals surface area contributed by atoms with Gasteiger partial charge in [0.25, 0.3) is 5.92 Å². The van der Waals surface area contributed by atoms with Gasteiger partial charge in [-0.15, -0.1) is 0 Å². The van der Waals surface area contributed by atoms with Gasteiger partial charge in [0.2, 0.25) is 0 Å². The highest BCUT2D eigenvalue weighted by Crippen LogP contribution is 2.40. The second-order valence-electron chi connectivity index (χ2n) is 7.37. The van der Waals surface area contributed by atoms with E-state index in [4.69, 9.17) is 22.0 Å². The van der Waals surface area contributed by atoms with Crippen molar-refractivity contribution in [3.8, 4) is 11.8 Å². The van der Waals surface area contributed by atoms with Gasteiger partial charge in [0.05, 0.1) is 33.6 Å². The molecule has 0 spiro atoms. The molecule has 2 aromatic carbocycles. The minimum absolute atomic E-state index is 0.0263. The van der Waals surface area contributed by atoms with E-state index in [1.54, 1.807) is 0 Å². The molecule has 0 radical (unpaired) electrons. The third-order valence-electron chi connectivity index (χ3n) is 4.76. The summed E-state index contributed by atoms with van der Waals surface area (Å²) in [5.74, 6) is -3.11. The van der Waals surface area contributed by atoms with Crippen molar-refractivity contribution >= 4 is 29.2 Å². The molecule has 0 aliphatic rings. The first-order valence-electron chi connectivity index (χ1n) is 9.52. The molecule has 3 aromatic rings. The zero-order valence-electron chi connectivity index (χ0n) is 17.6. The van der Waals surface area contributed by atoms with Gasteiger partial charge in [0, 0.05) is 35.8 Å². The Kier molecular flexibility index (Phi) is 7.26. The Balaban J connectivity index is 1.98. The van der Waals surface area contributed by atoms with Gasteiger partial charge in [0.15, 0.2) is 0 Å². The van der Waals surface area contributed by atoms with Crippen LogP contribution in [-0.4, -0.2) is 9.78 Å². The normalized spacial score (nSPS) is 11.9. The fourth-order valence-corrected chi connectivity index (χ4v) is 3.78. The molecule has 5 nitrogen and oxygen atoms in total. The van der Waals surface area contributed by atoms with Crippen molar-refractivity contribution in [2.75, 3.05) is 5.32 Å². The average molecular weight is 514 g/mol. The third kappa shape index (κ3) is 5.70. The molecule has 0 aliphatic carbocycles. The van der Waals surface area contributed by atoms with E-state index >= 15 is 0 Å². The minimum atomic E-state index is -4.76. The van der Waals surface area contributed by atoms with E-state index < -0.39 is 17.7 Å². The molecule has 0 saturated carbocycles. The van der Waals surface area contributed by atoms with Crippen LogP contribution in [0.1, 0.15) is 29.2 Å². The van der Waals surface area contributed by atoms with E-state index in [-0.39, 0.29) is 50.1 Å². The molecule has 34 heavy (non-hydrogen) atoms.